The Balaban J connectivity index is 1.55. The molecule has 38 heavy (non-hydrogen) atoms. The third-order valence-electron chi connectivity index (χ3n) is 7.15. The largest absolute Gasteiger partial charge is 0.491 e. The number of hydrogen-bond acceptors (Lipinski definition) is 4. The quantitative estimate of drug-likeness (QED) is 0.213. The van der Waals surface area contributed by atoms with Gasteiger partial charge in [0.05, 0.1) is 29.2 Å². The Morgan fingerprint density at radius 3 is 2.39 bits per heavy atom. The number of ether oxygens (including phenoxy) is 2. The fraction of sp³-hybridized carbons (Fsp3) is 0.333. The van der Waals surface area contributed by atoms with E-state index < -0.39 is 11.6 Å². The van der Waals surface area contributed by atoms with Crippen LogP contribution in [0.15, 0.2) is 60.7 Å². The summed E-state index contributed by atoms with van der Waals surface area (Å²) in [6.07, 6.45) is 5.37. The van der Waals surface area contributed by atoms with Crippen LogP contribution in [-0.4, -0.2) is 28.7 Å². The molecule has 0 amide bonds. The van der Waals surface area contributed by atoms with Gasteiger partial charge in [-0.2, -0.15) is 0 Å². The molecule has 0 aliphatic heterocycles. The topological polar surface area (TPSA) is 53.4 Å². The molecular weight excluding hydrogens is 510 g/mol. The molecule has 198 valence electrons. The number of carbonyl (C=O) groups excluding carboxylic acids is 1. The molecule has 4 aromatic rings. The van der Waals surface area contributed by atoms with E-state index in [9.17, 15) is 13.6 Å². The van der Waals surface area contributed by atoms with Gasteiger partial charge in [-0.15, -0.1) is 0 Å². The molecule has 1 fully saturated rings. The molecule has 1 atom stereocenters. The lowest BCUT2D eigenvalue weighted by Gasteiger charge is -2.32. The minimum Gasteiger partial charge on any atom is -0.491 e. The van der Waals surface area contributed by atoms with Gasteiger partial charge >= 0.3 is 5.97 Å². The van der Waals surface area contributed by atoms with Crippen LogP contribution >= 0.6 is 11.6 Å². The summed E-state index contributed by atoms with van der Waals surface area (Å²) < 4.78 is 42.0. The maximum atomic E-state index is 14.5. The first-order chi connectivity index (χ1) is 18.4. The Morgan fingerprint density at radius 2 is 1.71 bits per heavy atom. The maximum Gasteiger partial charge on any atom is 0.338 e. The number of rotatable bonds is 8. The molecule has 1 aromatic heterocycles. The summed E-state index contributed by atoms with van der Waals surface area (Å²) in [5, 5.41) is 0.590. The van der Waals surface area contributed by atoms with E-state index in [4.69, 9.17) is 26.1 Å². The lowest BCUT2D eigenvalue weighted by atomic mass is 9.83. The van der Waals surface area contributed by atoms with Crippen LogP contribution in [0.5, 0.6) is 5.75 Å². The summed E-state index contributed by atoms with van der Waals surface area (Å²) in [5.41, 5.74) is 2.15. The minimum absolute atomic E-state index is 0.180. The molecule has 5 rings (SSSR count). The first kappa shape index (κ1) is 26.2. The van der Waals surface area contributed by atoms with Crippen LogP contribution in [-0.2, 0) is 4.74 Å². The molecular formula is C30H29ClF2N2O3. The first-order valence-corrected chi connectivity index (χ1v) is 13.3. The summed E-state index contributed by atoms with van der Waals surface area (Å²) >= 11 is 6.13. The van der Waals surface area contributed by atoms with Crippen molar-refractivity contribution in [3.05, 3.63) is 82.9 Å². The van der Waals surface area contributed by atoms with E-state index in [1.54, 1.807) is 43.3 Å². The monoisotopic (exact) mass is 538 g/mol. The Hall–Kier alpha value is -3.45. The number of esters is 1. The van der Waals surface area contributed by atoms with Gasteiger partial charge in [-0.05, 0) is 74.2 Å². The van der Waals surface area contributed by atoms with E-state index in [1.165, 1.54) is 12.5 Å². The van der Waals surface area contributed by atoms with E-state index in [0.717, 1.165) is 37.3 Å². The SMILES string of the molecule is CCOC(=O)c1ccc(OCC(C2CCCCC2)n2c(-c3ccc(Cl)cc3)nc3cc(F)c(F)cc32)cc1. The Labute approximate surface area is 225 Å². The van der Waals surface area contributed by atoms with E-state index in [-0.39, 0.29) is 17.9 Å². The molecule has 1 unspecified atom stereocenters. The van der Waals surface area contributed by atoms with Crippen molar-refractivity contribution in [2.45, 2.75) is 45.1 Å². The molecule has 0 saturated heterocycles. The molecule has 8 heteroatoms. The number of halogens is 3. The van der Waals surface area contributed by atoms with Crippen LogP contribution < -0.4 is 4.74 Å². The third kappa shape index (κ3) is 5.53. The van der Waals surface area contributed by atoms with Crippen LogP contribution in [0.25, 0.3) is 22.4 Å². The number of carbonyl (C=O) groups is 1. The van der Waals surface area contributed by atoms with E-state index in [2.05, 4.69) is 0 Å². The highest BCUT2D eigenvalue weighted by Crippen LogP contribution is 2.39. The van der Waals surface area contributed by atoms with Crippen LogP contribution in [0, 0.1) is 17.6 Å². The molecule has 0 bridgehead atoms. The molecule has 0 radical (unpaired) electrons. The van der Waals surface area contributed by atoms with Crippen molar-refractivity contribution in [2.75, 3.05) is 13.2 Å². The minimum atomic E-state index is -0.933. The number of benzene rings is 3. The predicted molar refractivity (Wildman–Crippen MR) is 144 cm³/mol. The molecule has 1 heterocycles. The highest BCUT2D eigenvalue weighted by atomic mass is 35.5. The van der Waals surface area contributed by atoms with E-state index in [1.807, 2.05) is 16.7 Å². The molecule has 3 aromatic carbocycles. The van der Waals surface area contributed by atoms with Gasteiger partial charge in [-0.3, -0.25) is 0 Å². The van der Waals surface area contributed by atoms with Crippen molar-refractivity contribution < 1.29 is 23.0 Å². The number of aromatic nitrogens is 2. The smallest absolute Gasteiger partial charge is 0.338 e. The van der Waals surface area contributed by atoms with Gasteiger partial charge in [0, 0.05) is 22.7 Å². The zero-order chi connectivity index (χ0) is 26.6. The zero-order valence-corrected chi connectivity index (χ0v) is 21.9. The lowest BCUT2D eigenvalue weighted by molar-refractivity contribution is 0.0526. The van der Waals surface area contributed by atoms with Crippen molar-refractivity contribution in [3.8, 4) is 17.1 Å². The molecule has 5 nitrogen and oxygen atoms in total. The van der Waals surface area contributed by atoms with Gasteiger partial charge in [0.2, 0.25) is 0 Å². The van der Waals surface area contributed by atoms with Gasteiger partial charge < -0.3 is 14.0 Å². The highest BCUT2D eigenvalue weighted by Gasteiger charge is 2.30. The van der Waals surface area contributed by atoms with Crippen LogP contribution in [0.4, 0.5) is 8.78 Å². The predicted octanol–water partition coefficient (Wildman–Crippen LogP) is 8.01. The normalized spacial score (nSPS) is 14.9. The van der Waals surface area contributed by atoms with Crippen molar-refractivity contribution >= 4 is 28.6 Å². The van der Waals surface area contributed by atoms with Crippen LogP contribution in [0.1, 0.15) is 55.4 Å². The standard InChI is InChI=1S/C30H29ClF2N2O3/c1-2-37-30(36)21-10-14-23(15-11-21)38-18-28(19-6-4-3-5-7-19)35-27-17-25(33)24(32)16-26(27)34-29(35)20-8-12-22(31)13-9-20/h8-17,19,28H,2-7,18H2,1H3. The van der Waals surface area contributed by atoms with Crippen molar-refractivity contribution in [3.63, 3.8) is 0 Å². The summed E-state index contributed by atoms with van der Waals surface area (Å²) in [7, 11) is 0. The summed E-state index contributed by atoms with van der Waals surface area (Å²) in [5.74, 6) is -0.756. The van der Waals surface area contributed by atoms with Crippen molar-refractivity contribution in [2.24, 2.45) is 5.92 Å². The van der Waals surface area contributed by atoms with Gasteiger partial charge in [0.15, 0.2) is 11.6 Å². The van der Waals surface area contributed by atoms with Gasteiger partial charge in [-0.1, -0.05) is 30.9 Å². The van der Waals surface area contributed by atoms with Crippen LogP contribution in [0.2, 0.25) is 5.02 Å². The van der Waals surface area contributed by atoms with Gasteiger partial charge in [0.25, 0.3) is 0 Å². The Morgan fingerprint density at radius 1 is 1.03 bits per heavy atom. The Bertz CT molecular complexity index is 1410. The maximum absolute atomic E-state index is 14.5. The number of nitrogens with zero attached hydrogens (tertiary/aromatic N) is 2. The fourth-order valence-electron chi connectivity index (χ4n) is 5.25. The number of imidazole rings is 1. The summed E-state index contributed by atoms with van der Waals surface area (Å²) in [6, 6.07) is 16.3. The average Bonchev–Trinajstić information content (AvgIpc) is 3.28. The lowest BCUT2D eigenvalue weighted by Crippen LogP contribution is -2.28. The van der Waals surface area contributed by atoms with E-state index >= 15 is 0 Å². The summed E-state index contributed by atoms with van der Waals surface area (Å²) in [6.45, 7) is 2.37. The van der Waals surface area contributed by atoms with Crippen LogP contribution in [0.3, 0.4) is 0 Å². The molecule has 0 spiro atoms. The number of hydrogen-bond donors (Lipinski definition) is 0. The molecule has 1 saturated carbocycles. The average molecular weight is 539 g/mol. The molecule has 1 aliphatic carbocycles. The molecule has 1 aliphatic rings. The van der Waals surface area contributed by atoms with Gasteiger partial charge in [-0.25, -0.2) is 18.6 Å². The van der Waals surface area contributed by atoms with Crippen molar-refractivity contribution in [1.29, 1.82) is 0 Å². The Kier molecular flexibility index (Phi) is 7.93. The number of fused-ring (bicyclic) bond motifs is 1. The molecule has 0 N–H and O–H groups in total. The zero-order valence-electron chi connectivity index (χ0n) is 21.1. The second-order valence-electron chi connectivity index (χ2n) is 9.59. The van der Waals surface area contributed by atoms with Gasteiger partial charge in [0.1, 0.15) is 18.2 Å². The second-order valence-corrected chi connectivity index (χ2v) is 10.0. The highest BCUT2D eigenvalue weighted by molar-refractivity contribution is 6.30. The summed E-state index contributed by atoms with van der Waals surface area (Å²) in [4.78, 5) is 16.8. The fourth-order valence-corrected chi connectivity index (χ4v) is 5.38. The third-order valence-corrected chi connectivity index (χ3v) is 7.40. The second kappa shape index (κ2) is 11.5. The van der Waals surface area contributed by atoms with E-state index in [0.29, 0.717) is 46.4 Å². The first-order valence-electron chi connectivity index (χ1n) is 13.0. The van der Waals surface area contributed by atoms with Crippen molar-refractivity contribution in [1.82, 2.24) is 9.55 Å².